The third-order valence-electron chi connectivity index (χ3n) is 4.41. The summed E-state index contributed by atoms with van der Waals surface area (Å²) in [5.41, 5.74) is 1.28. The molecular weight excluding hydrogens is 403 g/mol. The molecule has 4 rings (SSSR count). The van der Waals surface area contributed by atoms with Crippen LogP contribution in [0.4, 0.5) is 9.52 Å². The Morgan fingerprint density at radius 1 is 1.14 bits per heavy atom. The van der Waals surface area contributed by atoms with Crippen LogP contribution in [-0.2, 0) is 9.59 Å². The minimum Gasteiger partial charge on any atom is -0.515 e. The molecule has 0 aliphatic carbocycles. The van der Waals surface area contributed by atoms with Gasteiger partial charge in [0.2, 0.25) is 0 Å². The second-order valence-electron chi connectivity index (χ2n) is 6.03. The summed E-state index contributed by atoms with van der Waals surface area (Å²) in [6.45, 7) is 0. The average molecular weight is 415 g/mol. The molecule has 0 saturated carbocycles. The first-order valence-electron chi connectivity index (χ1n) is 8.19. The lowest BCUT2D eigenvalue weighted by atomic mass is 9.99. The van der Waals surface area contributed by atoms with E-state index in [1.165, 1.54) is 18.2 Å². The molecule has 2 heterocycles. The van der Waals surface area contributed by atoms with Crippen LogP contribution in [0.15, 0.2) is 65.7 Å². The van der Waals surface area contributed by atoms with Gasteiger partial charge in [0.25, 0.3) is 5.78 Å². The summed E-state index contributed by atoms with van der Waals surface area (Å²) in [4.78, 5) is 30.5. The minimum atomic E-state index is -1.09. The number of rotatable bonds is 3. The number of aliphatic hydroxyl groups is 1. The Balaban J connectivity index is 1.81. The maximum absolute atomic E-state index is 14.4. The number of thiazole rings is 1. The Morgan fingerprint density at radius 3 is 2.54 bits per heavy atom. The topological polar surface area (TPSA) is 70.5 Å². The Kier molecular flexibility index (Phi) is 4.70. The molecule has 1 aliphatic heterocycles. The molecule has 8 heteroatoms. The molecule has 1 N–H and O–H groups in total. The monoisotopic (exact) mass is 414 g/mol. The van der Waals surface area contributed by atoms with Crippen LogP contribution in [0.5, 0.6) is 0 Å². The highest BCUT2D eigenvalue weighted by atomic mass is 35.5. The fourth-order valence-corrected chi connectivity index (χ4v) is 4.06. The fourth-order valence-electron chi connectivity index (χ4n) is 3.07. The molecule has 28 heavy (non-hydrogen) atoms. The highest BCUT2D eigenvalue weighted by Crippen LogP contribution is 2.42. The first-order chi connectivity index (χ1) is 13.5. The number of ketones is 1. The van der Waals surface area contributed by atoms with Crippen LogP contribution >= 0.6 is 22.9 Å². The maximum atomic E-state index is 14.4. The van der Waals surface area contributed by atoms with Gasteiger partial charge in [0.05, 0.1) is 23.6 Å². The van der Waals surface area contributed by atoms with Crippen molar-refractivity contribution >= 4 is 39.8 Å². The van der Waals surface area contributed by atoms with Crippen LogP contribution < -0.4 is 4.90 Å². The number of aliphatic hydroxyl groups excluding tert-OH is 1. The van der Waals surface area contributed by atoms with Gasteiger partial charge in [-0.15, -0.1) is 11.3 Å². The van der Waals surface area contributed by atoms with Gasteiger partial charge in [0.15, 0.2) is 5.13 Å². The summed E-state index contributed by atoms with van der Waals surface area (Å²) in [5.74, 6) is -2.35. The van der Waals surface area contributed by atoms with E-state index in [-0.39, 0.29) is 16.3 Å². The zero-order valence-electron chi connectivity index (χ0n) is 14.2. The van der Waals surface area contributed by atoms with Gasteiger partial charge >= 0.3 is 5.91 Å². The molecule has 0 spiro atoms. The van der Waals surface area contributed by atoms with Gasteiger partial charge in [-0.05, 0) is 18.2 Å². The summed E-state index contributed by atoms with van der Waals surface area (Å²) >= 11 is 7.05. The fraction of sp³-hybridized carbons (Fsp3) is 0.0500. The average Bonchev–Trinajstić information content (AvgIpc) is 3.26. The zero-order chi connectivity index (χ0) is 19.8. The third kappa shape index (κ3) is 2.98. The molecule has 5 nitrogen and oxygen atoms in total. The van der Waals surface area contributed by atoms with Gasteiger partial charge in [-0.25, -0.2) is 9.37 Å². The predicted octanol–water partition coefficient (Wildman–Crippen LogP) is 4.70. The number of nitrogens with zero attached hydrogens (tertiary/aromatic N) is 2. The van der Waals surface area contributed by atoms with Crippen molar-refractivity contribution in [3.05, 3.63) is 82.1 Å². The van der Waals surface area contributed by atoms with Crippen molar-refractivity contribution in [2.75, 3.05) is 4.90 Å². The molecule has 0 radical (unpaired) electrons. The van der Waals surface area contributed by atoms with E-state index in [4.69, 9.17) is 11.6 Å². The Bertz CT molecular complexity index is 1110. The molecule has 140 valence electrons. The molecule has 1 unspecified atom stereocenters. The highest BCUT2D eigenvalue weighted by Gasteiger charge is 2.47. The van der Waals surface area contributed by atoms with Crippen LogP contribution in [-0.4, -0.2) is 21.8 Å². The van der Waals surface area contributed by atoms with E-state index in [2.05, 4.69) is 4.98 Å². The summed E-state index contributed by atoms with van der Waals surface area (Å²) in [5, 5.41) is 12.1. The van der Waals surface area contributed by atoms with Gasteiger partial charge in [-0.1, -0.05) is 41.9 Å². The molecule has 2 aromatic carbocycles. The van der Waals surface area contributed by atoms with Crippen LogP contribution in [0, 0.1) is 5.82 Å². The molecule has 1 saturated heterocycles. The highest BCUT2D eigenvalue weighted by molar-refractivity contribution is 7.14. The van der Waals surface area contributed by atoms with Crippen molar-refractivity contribution in [1.82, 2.24) is 4.98 Å². The maximum Gasteiger partial charge on any atom is 0.301 e. The van der Waals surface area contributed by atoms with E-state index < -0.39 is 23.5 Å². The Hall–Kier alpha value is -3.03. The lowest BCUT2D eigenvalue weighted by Gasteiger charge is -2.22. The van der Waals surface area contributed by atoms with E-state index in [1.54, 1.807) is 35.7 Å². The first-order valence-corrected chi connectivity index (χ1v) is 9.45. The van der Waals surface area contributed by atoms with E-state index in [9.17, 15) is 19.1 Å². The molecule has 1 aliphatic rings. The van der Waals surface area contributed by atoms with Gasteiger partial charge in [0, 0.05) is 21.5 Å². The minimum absolute atomic E-state index is 0.102. The zero-order valence-corrected chi connectivity index (χ0v) is 15.7. The number of amides is 1. The molecular formula is C20H12ClFN2O3S. The number of aromatic nitrogens is 1. The second kappa shape index (κ2) is 7.18. The second-order valence-corrected chi connectivity index (χ2v) is 7.31. The number of carbonyl (C=O) groups excluding carboxylic acids is 2. The number of anilines is 1. The summed E-state index contributed by atoms with van der Waals surface area (Å²) < 4.78 is 14.4. The van der Waals surface area contributed by atoms with Crippen molar-refractivity contribution in [2.24, 2.45) is 0 Å². The van der Waals surface area contributed by atoms with Crippen molar-refractivity contribution < 1.29 is 19.1 Å². The summed E-state index contributed by atoms with van der Waals surface area (Å²) in [6, 6.07) is 11.7. The van der Waals surface area contributed by atoms with Crippen molar-refractivity contribution in [2.45, 2.75) is 6.04 Å². The summed E-state index contributed by atoms with van der Waals surface area (Å²) in [6.07, 6.45) is 0.561. The van der Waals surface area contributed by atoms with E-state index in [0.717, 1.165) is 21.8 Å². The summed E-state index contributed by atoms with van der Waals surface area (Å²) in [7, 11) is 0. The SMILES string of the molecule is O=C1C(=O)N(c2nc(-c3ccc(Cl)cc3)cs2)C(c2ccccc2F)/C1=C\O. The quantitative estimate of drug-likeness (QED) is 0.383. The smallest absolute Gasteiger partial charge is 0.301 e. The first kappa shape index (κ1) is 18.3. The van der Waals surface area contributed by atoms with Crippen molar-refractivity contribution in [3.63, 3.8) is 0 Å². The lowest BCUT2D eigenvalue weighted by Crippen LogP contribution is -2.29. The normalized spacial score (nSPS) is 18.3. The Labute approximate surface area is 168 Å². The van der Waals surface area contributed by atoms with E-state index in [0.29, 0.717) is 17.0 Å². The largest absolute Gasteiger partial charge is 0.515 e. The van der Waals surface area contributed by atoms with Crippen molar-refractivity contribution in [1.29, 1.82) is 0 Å². The molecule has 3 aromatic rings. The molecule has 1 aromatic heterocycles. The van der Waals surface area contributed by atoms with Gasteiger partial charge in [-0.3, -0.25) is 14.5 Å². The van der Waals surface area contributed by atoms with Crippen LogP contribution in [0.25, 0.3) is 11.3 Å². The molecule has 1 atom stereocenters. The molecule has 1 fully saturated rings. The van der Waals surface area contributed by atoms with E-state index >= 15 is 0 Å². The number of carbonyl (C=O) groups is 2. The number of Topliss-reactive ketones (excluding diaryl/α,β-unsaturated/α-hetero) is 1. The standard InChI is InChI=1S/C20H12ClFN2O3S/c21-12-7-5-11(6-8-12)16-10-28-20(23-16)24-17(13-3-1-2-4-15(13)22)14(9-25)18(26)19(24)27/h1-10,17,25H/b14-9+. The van der Waals surface area contributed by atoms with Crippen LogP contribution in [0.2, 0.25) is 5.02 Å². The van der Waals surface area contributed by atoms with Gasteiger partial charge < -0.3 is 5.11 Å². The van der Waals surface area contributed by atoms with Crippen LogP contribution in [0.3, 0.4) is 0 Å². The predicted molar refractivity (Wildman–Crippen MR) is 105 cm³/mol. The van der Waals surface area contributed by atoms with E-state index in [1.807, 2.05) is 0 Å². The number of halogens is 2. The molecule has 0 bridgehead atoms. The number of hydrogen-bond acceptors (Lipinski definition) is 5. The Morgan fingerprint density at radius 2 is 1.86 bits per heavy atom. The number of benzene rings is 2. The van der Waals surface area contributed by atoms with Gasteiger partial charge in [0.1, 0.15) is 5.82 Å². The van der Waals surface area contributed by atoms with Crippen molar-refractivity contribution in [3.8, 4) is 11.3 Å². The van der Waals surface area contributed by atoms with Crippen LogP contribution in [0.1, 0.15) is 11.6 Å². The molecule has 1 amide bonds. The number of hydrogen-bond donors (Lipinski definition) is 1. The lowest BCUT2D eigenvalue weighted by molar-refractivity contribution is -0.132. The van der Waals surface area contributed by atoms with Gasteiger partial charge in [-0.2, -0.15) is 0 Å². The third-order valence-corrected chi connectivity index (χ3v) is 5.50.